The molecule has 0 unspecified atom stereocenters. The van der Waals surface area contributed by atoms with Crippen molar-refractivity contribution in [2.45, 2.75) is 6.92 Å². The van der Waals surface area contributed by atoms with E-state index in [1.54, 1.807) is 24.3 Å². The molecule has 6 nitrogen and oxygen atoms in total. The Hall–Kier alpha value is -3.19. The van der Waals surface area contributed by atoms with Crippen molar-refractivity contribution in [2.24, 2.45) is 0 Å². The van der Waals surface area contributed by atoms with E-state index in [1.807, 2.05) is 6.92 Å². The van der Waals surface area contributed by atoms with E-state index in [4.69, 9.17) is 16.3 Å². The number of benzene rings is 2. The molecule has 0 spiro atoms. The van der Waals surface area contributed by atoms with Gasteiger partial charge in [0.2, 0.25) is 0 Å². The summed E-state index contributed by atoms with van der Waals surface area (Å²) in [4.78, 5) is 20.5. The smallest absolute Gasteiger partial charge is 0.275 e. The van der Waals surface area contributed by atoms with Crippen LogP contribution in [0.1, 0.15) is 17.4 Å². The van der Waals surface area contributed by atoms with Gasteiger partial charge in [-0.25, -0.2) is 14.4 Å². The summed E-state index contributed by atoms with van der Waals surface area (Å²) in [5.74, 6) is 0.236. The predicted molar refractivity (Wildman–Crippen MR) is 102 cm³/mol. The van der Waals surface area contributed by atoms with Gasteiger partial charge in [-0.2, -0.15) is 0 Å². The third-order valence-corrected chi connectivity index (χ3v) is 3.79. The summed E-state index contributed by atoms with van der Waals surface area (Å²) in [5.41, 5.74) is 1.34. The molecule has 2 aromatic carbocycles. The Kier molecular flexibility index (Phi) is 5.83. The molecule has 0 aliphatic carbocycles. The zero-order chi connectivity index (χ0) is 19.2. The van der Waals surface area contributed by atoms with E-state index in [1.165, 1.54) is 30.6 Å². The Morgan fingerprint density at radius 3 is 2.48 bits per heavy atom. The Morgan fingerprint density at radius 2 is 1.85 bits per heavy atom. The molecule has 0 aliphatic rings. The first-order chi connectivity index (χ1) is 13.0. The van der Waals surface area contributed by atoms with Crippen molar-refractivity contribution in [3.8, 4) is 5.75 Å². The molecule has 3 rings (SSSR count). The summed E-state index contributed by atoms with van der Waals surface area (Å²) in [6, 6.07) is 11.2. The fourth-order valence-corrected chi connectivity index (χ4v) is 2.41. The number of hydrogen-bond donors (Lipinski definition) is 2. The lowest BCUT2D eigenvalue weighted by Crippen LogP contribution is -2.14. The number of aromatic nitrogens is 2. The second-order valence-electron chi connectivity index (χ2n) is 5.45. The molecule has 3 aromatic rings. The number of anilines is 3. The van der Waals surface area contributed by atoms with Crippen molar-refractivity contribution < 1.29 is 13.9 Å². The number of halogens is 2. The maximum atomic E-state index is 13.2. The molecule has 0 radical (unpaired) electrons. The molecule has 0 aliphatic heterocycles. The monoisotopic (exact) mass is 386 g/mol. The number of nitrogens with one attached hydrogen (secondary N) is 2. The van der Waals surface area contributed by atoms with Gasteiger partial charge in [-0.1, -0.05) is 11.6 Å². The van der Waals surface area contributed by atoms with Crippen molar-refractivity contribution >= 4 is 34.7 Å². The van der Waals surface area contributed by atoms with E-state index in [0.717, 1.165) is 5.75 Å². The van der Waals surface area contributed by atoms with E-state index in [9.17, 15) is 9.18 Å². The summed E-state index contributed by atoms with van der Waals surface area (Å²) in [6.45, 7) is 2.48. The van der Waals surface area contributed by atoms with Crippen LogP contribution in [0, 0.1) is 5.82 Å². The molecular formula is C19H16ClFN4O2. The standard InChI is InChI=1S/C19H16ClFN4O2/c1-2-27-14-6-3-12(4-7-14)25-19(26)17-10-23-18(11-22-17)24-13-5-8-16(21)15(20)9-13/h3-11H,2H2,1H3,(H,23,24)(H,25,26). The lowest BCUT2D eigenvalue weighted by molar-refractivity contribution is 0.102. The Morgan fingerprint density at radius 1 is 1.11 bits per heavy atom. The zero-order valence-corrected chi connectivity index (χ0v) is 15.1. The molecule has 0 saturated heterocycles. The first-order valence-corrected chi connectivity index (χ1v) is 8.51. The van der Waals surface area contributed by atoms with Crippen molar-refractivity contribution in [1.29, 1.82) is 0 Å². The molecule has 2 N–H and O–H groups in total. The fraction of sp³-hybridized carbons (Fsp3) is 0.105. The van der Waals surface area contributed by atoms with E-state index < -0.39 is 5.82 Å². The summed E-state index contributed by atoms with van der Waals surface area (Å²) in [7, 11) is 0. The molecule has 27 heavy (non-hydrogen) atoms. The summed E-state index contributed by atoms with van der Waals surface area (Å²) in [5, 5.41) is 5.67. The second kappa shape index (κ2) is 8.46. The van der Waals surface area contributed by atoms with Gasteiger partial charge >= 0.3 is 0 Å². The molecule has 0 atom stereocenters. The third-order valence-electron chi connectivity index (χ3n) is 3.50. The normalized spacial score (nSPS) is 10.3. The minimum atomic E-state index is -0.505. The van der Waals surface area contributed by atoms with Gasteiger partial charge in [0.05, 0.1) is 24.0 Å². The number of rotatable bonds is 6. The summed E-state index contributed by atoms with van der Waals surface area (Å²) >= 11 is 5.74. The first kappa shape index (κ1) is 18.6. The van der Waals surface area contributed by atoms with Crippen molar-refractivity contribution in [3.63, 3.8) is 0 Å². The van der Waals surface area contributed by atoms with Gasteiger partial charge in [-0.15, -0.1) is 0 Å². The van der Waals surface area contributed by atoms with Crippen molar-refractivity contribution in [1.82, 2.24) is 9.97 Å². The van der Waals surface area contributed by atoms with Gasteiger partial charge in [0.25, 0.3) is 5.91 Å². The minimum Gasteiger partial charge on any atom is -0.494 e. The number of amides is 1. The SMILES string of the molecule is CCOc1ccc(NC(=O)c2cnc(Nc3ccc(F)c(Cl)c3)cn2)cc1. The highest BCUT2D eigenvalue weighted by Crippen LogP contribution is 2.22. The average Bonchev–Trinajstić information content (AvgIpc) is 2.67. The van der Waals surface area contributed by atoms with Crippen LogP contribution in [0.4, 0.5) is 21.6 Å². The van der Waals surface area contributed by atoms with Crippen LogP contribution in [-0.4, -0.2) is 22.5 Å². The maximum absolute atomic E-state index is 13.2. The van der Waals surface area contributed by atoms with Gasteiger partial charge in [-0.05, 0) is 49.4 Å². The highest BCUT2D eigenvalue weighted by molar-refractivity contribution is 6.31. The molecule has 1 heterocycles. The van der Waals surface area contributed by atoms with Crippen molar-refractivity contribution in [2.75, 3.05) is 17.2 Å². The second-order valence-corrected chi connectivity index (χ2v) is 5.86. The predicted octanol–water partition coefficient (Wildman–Crippen LogP) is 4.66. The van der Waals surface area contributed by atoms with E-state index >= 15 is 0 Å². The third kappa shape index (κ3) is 4.92. The Labute approximate surface area is 160 Å². The van der Waals surface area contributed by atoms with Gasteiger partial charge in [0, 0.05) is 11.4 Å². The highest BCUT2D eigenvalue weighted by atomic mass is 35.5. The quantitative estimate of drug-likeness (QED) is 0.644. The highest BCUT2D eigenvalue weighted by Gasteiger charge is 2.09. The largest absolute Gasteiger partial charge is 0.494 e. The summed E-state index contributed by atoms with van der Waals surface area (Å²) < 4.78 is 18.5. The Balaban J connectivity index is 1.63. The molecule has 8 heteroatoms. The van der Waals surface area contributed by atoms with Crippen LogP contribution in [0.2, 0.25) is 5.02 Å². The fourth-order valence-electron chi connectivity index (χ4n) is 2.23. The zero-order valence-electron chi connectivity index (χ0n) is 14.4. The van der Waals surface area contributed by atoms with Gasteiger partial charge in [0.1, 0.15) is 23.1 Å². The van der Waals surface area contributed by atoms with Gasteiger partial charge in [0.15, 0.2) is 0 Å². The molecule has 1 aromatic heterocycles. The number of ether oxygens (including phenoxy) is 1. The lowest BCUT2D eigenvalue weighted by atomic mass is 10.3. The summed E-state index contributed by atoms with van der Waals surface area (Å²) in [6.07, 6.45) is 2.75. The maximum Gasteiger partial charge on any atom is 0.275 e. The number of carbonyl (C=O) groups is 1. The Bertz CT molecular complexity index is 933. The van der Waals surface area contributed by atoms with E-state index in [0.29, 0.717) is 23.8 Å². The number of carbonyl (C=O) groups excluding carboxylic acids is 1. The molecule has 1 amide bonds. The number of nitrogens with zero attached hydrogens (tertiary/aromatic N) is 2. The topological polar surface area (TPSA) is 76.1 Å². The van der Waals surface area contributed by atoms with Crippen LogP contribution in [0.3, 0.4) is 0 Å². The van der Waals surface area contributed by atoms with Crippen LogP contribution >= 0.6 is 11.6 Å². The van der Waals surface area contributed by atoms with Crippen LogP contribution < -0.4 is 15.4 Å². The van der Waals surface area contributed by atoms with Crippen LogP contribution in [0.5, 0.6) is 5.75 Å². The van der Waals surface area contributed by atoms with Crippen molar-refractivity contribution in [3.05, 3.63) is 71.4 Å². The van der Waals surface area contributed by atoms with E-state index in [2.05, 4.69) is 20.6 Å². The van der Waals surface area contributed by atoms with Crippen LogP contribution in [0.25, 0.3) is 0 Å². The molecule has 0 bridgehead atoms. The minimum absolute atomic E-state index is 0.000637. The molecule has 138 valence electrons. The van der Waals surface area contributed by atoms with E-state index in [-0.39, 0.29) is 16.6 Å². The lowest BCUT2D eigenvalue weighted by Gasteiger charge is -2.08. The van der Waals surface area contributed by atoms with Crippen LogP contribution in [0.15, 0.2) is 54.9 Å². The molecule has 0 saturated carbocycles. The van der Waals surface area contributed by atoms with Gasteiger partial charge in [-0.3, -0.25) is 4.79 Å². The molecule has 0 fully saturated rings. The average molecular weight is 387 g/mol. The van der Waals surface area contributed by atoms with Gasteiger partial charge < -0.3 is 15.4 Å². The molecular weight excluding hydrogens is 371 g/mol. The first-order valence-electron chi connectivity index (χ1n) is 8.13. The van der Waals surface area contributed by atoms with Crippen LogP contribution in [-0.2, 0) is 0 Å². The number of hydrogen-bond acceptors (Lipinski definition) is 5.